The van der Waals surface area contributed by atoms with Crippen LogP contribution in [0, 0.1) is 11.8 Å². The molecule has 1 aromatic rings. The summed E-state index contributed by atoms with van der Waals surface area (Å²) in [6.45, 7) is 5.11. The van der Waals surface area contributed by atoms with Crippen LogP contribution in [-0.2, 0) is 10.0 Å². The molecule has 0 amide bonds. The Morgan fingerprint density at radius 3 is 2.67 bits per heavy atom. The third kappa shape index (κ3) is 3.72. The lowest BCUT2D eigenvalue weighted by Crippen LogP contribution is -2.33. The molecule has 1 rings (SSSR count). The number of rotatable bonds is 2. The summed E-state index contributed by atoms with van der Waals surface area (Å²) >= 11 is 0. The summed E-state index contributed by atoms with van der Waals surface area (Å²) < 4.78 is 25.4. The van der Waals surface area contributed by atoms with Crippen LogP contribution in [0.3, 0.4) is 0 Å². The molecule has 0 unspecified atom stereocenters. The van der Waals surface area contributed by atoms with Gasteiger partial charge < -0.3 is 5.73 Å². The Kier molecular flexibility index (Phi) is 4.33. The van der Waals surface area contributed by atoms with E-state index in [1.54, 1.807) is 32.9 Å². The molecule has 0 fully saturated rings. The molecule has 0 aliphatic rings. The smallest absolute Gasteiger partial charge is 0.238 e. The normalized spacial score (nSPS) is 11.6. The van der Waals surface area contributed by atoms with Crippen molar-refractivity contribution in [2.45, 2.75) is 25.5 Å². The highest BCUT2D eigenvalue weighted by molar-refractivity contribution is 7.94. The van der Waals surface area contributed by atoms with E-state index in [0.717, 1.165) is 0 Å². The fourth-order valence-corrected chi connectivity index (χ4v) is 1.70. The maximum Gasteiger partial charge on any atom is 0.238 e. The van der Waals surface area contributed by atoms with E-state index in [-0.39, 0.29) is 12.4 Å². The van der Waals surface area contributed by atoms with Crippen molar-refractivity contribution < 1.29 is 8.42 Å². The summed E-state index contributed by atoms with van der Waals surface area (Å²) in [6.07, 6.45) is 1.50. The molecule has 6 heteroatoms. The third-order valence-corrected chi connectivity index (χ3v) is 4.23. The minimum absolute atomic E-state index is 0.255. The van der Waals surface area contributed by atoms with E-state index in [1.807, 2.05) is 0 Å². The van der Waals surface area contributed by atoms with Gasteiger partial charge in [0.2, 0.25) is 10.0 Å². The van der Waals surface area contributed by atoms with Crippen molar-refractivity contribution in [3.8, 4) is 11.8 Å². The Morgan fingerprint density at radius 2 is 2.11 bits per heavy atom. The number of nitrogens with zero attached hydrogens (tertiary/aromatic N) is 1. The molecule has 18 heavy (non-hydrogen) atoms. The molecule has 1 heterocycles. The summed E-state index contributed by atoms with van der Waals surface area (Å²) in [5.41, 5.74) is 5.94. The van der Waals surface area contributed by atoms with Crippen molar-refractivity contribution in [2.24, 2.45) is 5.73 Å². The lowest BCUT2D eigenvalue weighted by molar-refractivity contribution is 0.566. The van der Waals surface area contributed by atoms with E-state index in [4.69, 9.17) is 5.73 Å². The van der Waals surface area contributed by atoms with Crippen LogP contribution in [0.1, 0.15) is 26.3 Å². The van der Waals surface area contributed by atoms with Crippen LogP contribution in [0.4, 0.5) is 5.82 Å². The molecule has 5 nitrogen and oxygen atoms in total. The number of sulfonamides is 1. The van der Waals surface area contributed by atoms with Gasteiger partial charge in [0.1, 0.15) is 5.82 Å². The number of nitrogens with two attached hydrogens (primary N) is 1. The first kappa shape index (κ1) is 14.5. The van der Waals surface area contributed by atoms with E-state index < -0.39 is 14.8 Å². The van der Waals surface area contributed by atoms with Gasteiger partial charge in [0.15, 0.2) is 0 Å². The number of hydrogen-bond acceptors (Lipinski definition) is 4. The van der Waals surface area contributed by atoms with Crippen LogP contribution >= 0.6 is 0 Å². The summed E-state index contributed by atoms with van der Waals surface area (Å²) in [7, 11) is -3.47. The molecule has 0 bridgehead atoms. The van der Waals surface area contributed by atoms with Crippen LogP contribution in [-0.4, -0.2) is 24.7 Å². The monoisotopic (exact) mass is 267 g/mol. The van der Waals surface area contributed by atoms with Gasteiger partial charge in [-0.05, 0) is 32.9 Å². The molecule has 3 N–H and O–H groups in total. The van der Waals surface area contributed by atoms with Gasteiger partial charge in [0.25, 0.3) is 0 Å². The predicted molar refractivity (Wildman–Crippen MR) is 72.5 cm³/mol. The quantitative estimate of drug-likeness (QED) is 0.781. The fraction of sp³-hybridized carbons (Fsp3) is 0.417. The number of anilines is 1. The van der Waals surface area contributed by atoms with Crippen LogP contribution in [0.2, 0.25) is 0 Å². The maximum absolute atomic E-state index is 11.9. The van der Waals surface area contributed by atoms with Crippen LogP contribution in [0.25, 0.3) is 0 Å². The summed E-state index contributed by atoms with van der Waals surface area (Å²) in [6, 6.07) is 3.27. The van der Waals surface area contributed by atoms with E-state index in [2.05, 4.69) is 21.5 Å². The zero-order valence-corrected chi connectivity index (χ0v) is 11.5. The molecular formula is C12H17N3O2S. The Morgan fingerprint density at radius 1 is 1.44 bits per heavy atom. The van der Waals surface area contributed by atoms with Crippen LogP contribution in [0.15, 0.2) is 18.3 Å². The van der Waals surface area contributed by atoms with Gasteiger partial charge in [0.05, 0.1) is 11.3 Å². The number of aromatic nitrogens is 1. The van der Waals surface area contributed by atoms with Crippen molar-refractivity contribution in [3.05, 3.63) is 23.9 Å². The predicted octanol–water partition coefficient (Wildman–Crippen LogP) is 0.932. The maximum atomic E-state index is 11.9. The average Bonchev–Trinajstić information content (AvgIpc) is 2.24. The second kappa shape index (κ2) is 5.38. The second-order valence-corrected chi connectivity index (χ2v) is 7.09. The fourth-order valence-electron chi connectivity index (χ4n) is 1.01. The molecule has 0 aromatic carbocycles. The van der Waals surface area contributed by atoms with Gasteiger partial charge in [-0.1, -0.05) is 11.8 Å². The molecule has 0 aliphatic carbocycles. The van der Waals surface area contributed by atoms with E-state index in [9.17, 15) is 8.42 Å². The Hall–Kier alpha value is -1.58. The number of pyridine rings is 1. The standard InChI is InChI=1S/C12H17N3O2S/c1-12(2,3)18(16,17)15-11-9-10(5-4-7-13)6-8-14-11/h6,8-9H,7,13H2,1-3H3,(H,14,15). The Balaban J connectivity index is 3.00. The van der Waals surface area contributed by atoms with Crippen LogP contribution in [0.5, 0.6) is 0 Å². The van der Waals surface area contributed by atoms with Gasteiger partial charge in [-0.2, -0.15) is 0 Å². The Labute approximate surface area is 108 Å². The summed E-state index contributed by atoms with van der Waals surface area (Å²) in [5.74, 6) is 5.78. The van der Waals surface area contributed by atoms with Crippen molar-refractivity contribution in [1.82, 2.24) is 4.98 Å². The van der Waals surface area contributed by atoms with Crippen molar-refractivity contribution >= 4 is 15.8 Å². The number of hydrogen-bond donors (Lipinski definition) is 2. The van der Waals surface area contributed by atoms with Gasteiger partial charge in [-0.15, -0.1) is 0 Å². The minimum atomic E-state index is -3.47. The van der Waals surface area contributed by atoms with Gasteiger partial charge in [0, 0.05) is 11.8 Å². The third-order valence-electron chi connectivity index (χ3n) is 2.14. The molecule has 1 aromatic heterocycles. The summed E-state index contributed by atoms with van der Waals surface area (Å²) in [5, 5.41) is 0. The van der Waals surface area contributed by atoms with Crippen molar-refractivity contribution in [2.75, 3.05) is 11.3 Å². The van der Waals surface area contributed by atoms with Crippen molar-refractivity contribution in [3.63, 3.8) is 0 Å². The molecule has 98 valence electrons. The van der Waals surface area contributed by atoms with Gasteiger partial charge >= 0.3 is 0 Å². The Bertz CT molecular complexity index is 577. The lowest BCUT2D eigenvalue weighted by Gasteiger charge is -2.19. The molecule has 0 atom stereocenters. The second-order valence-electron chi connectivity index (χ2n) is 4.65. The molecule has 0 aliphatic heterocycles. The topological polar surface area (TPSA) is 85.1 Å². The van der Waals surface area contributed by atoms with E-state index in [1.165, 1.54) is 6.20 Å². The molecule has 0 spiro atoms. The highest BCUT2D eigenvalue weighted by Crippen LogP contribution is 2.18. The molecular weight excluding hydrogens is 250 g/mol. The largest absolute Gasteiger partial charge is 0.320 e. The number of nitrogens with one attached hydrogen (secondary N) is 1. The van der Waals surface area contributed by atoms with Crippen molar-refractivity contribution in [1.29, 1.82) is 0 Å². The molecule has 0 saturated heterocycles. The van der Waals surface area contributed by atoms with Gasteiger partial charge in [-0.3, -0.25) is 4.72 Å². The summed E-state index contributed by atoms with van der Waals surface area (Å²) in [4.78, 5) is 3.96. The highest BCUT2D eigenvalue weighted by atomic mass is 32.2. The van der Waals surface area contributed by atoms with Crippen LogP contribution < -0.4 is 10.5 Å². The zero-order chi connectivity index (χ0) is 13.8. The first-order chi connectivity index (χ1) is 8.26. The highest BCUT2D eigenvalue weighted by Gasteiger charge is 2.29. The minimum Gasteiger partial charge on any atom is -0.320 e. The average molecular weight is 267 g/mol. The van der Waals surface area contributed by atoms with E-state index >= 15 is 0 Å². The first-order valence-corrected chi connectivity index (χ1v) is 6.92. The molecule has 0 radical (unpaired) electrons. The lowest BCUT2D eigenvalue weighted by atomic mass is 10.2. The van der Waals surface area contributed by atoms with Gasteiger partial charge in [-0.25, -0.2) is 13.4 Å². The first-order valence-electron chi connectivity index (χ1n) is 5.43. The van der Waals surface area contributed by atoms with E-state index in [0.29, 0.717) is 5.56 Å². The molecule has 0 saturated carbocycles. The zero-order valence-electron chi connectivity index (χ0n) is 10.7. The SMILES string of the molecule is CC(C)(C)S(=O)(=O)Nc1cc(C#CCN)ccn1.